The van der Waals surface area contributed by atoms with Gasteiger partial charge in [0.2, 0.25) is 0 Å². The number of rotatable bonds is 3. The van der Waals surface area contributed by atoms with Gasteiger partial charge in [0.15, 0.2) is 14.9 Å². The van der Waals surface area contributed by atoms with Crippen LogP contribution in [-0.2, 0) is 9.84 Å². The summed E-state index contributed by atoms with van der Waals surface area (Å²) >= 11 is 0. The van der Waals surface area contributed by atoms with Gasteiger partial charge in [-0.1, -0.05) is 18.2 Å². The highest BCUT2D eigenvalue weighted by Gasteiger charge is 2.18. The summed E-state index contributed by atoms with van der Waals surface area (Å²) in [4.78, 5) is 4.08. The Kier molecular flexibility index (Phi) is 4.01. The quantitative estimate of drug-likeness (QED) is 0.867. The molecule has 1 aromatic carbocycles. The Balaban J connectivity index is 2.00. The first-order valence-electron chi connectivity index (χ1n) is 7.38. The lowest BCUT2D eigenvalue weighted by Gasteiger charge is -2.09. The number of nitrogens with zero attached hydrogens (tertiary/aromatic N) is 2. The normalized spacial score (nSPS) is 14.8. The zero-order valence-corrected chi connectivity index (χ0v) is 13.6. The highest BCUT2D eigenvalue weighted by Crippen LogP contribution is 2.39. The van der Waals surface area contributed by atoms with Crippen LogP contribution in [0.15, 0.2) is 47.6 Å². The van der Waals surface area contributed by atoms with Crippen molar-refractivity contribution in [1.29, 1.82) is 5.26 Å². The average molecular weight is 324 g/mol. The predicted octanol–water partition coefficient (Wildman–Crippen LogP) is 3.45. The molecule has 3 rings (SSSR count). The minimum absolute atomic E-state index is 0.0970. The monoisotopic (exact) mass is 324 g/mol. The van der Waals surface area contributed by atoms with E-state index in [1.807, 2.05) is 30.3 Å². The van der Waals surface area contributed by atoms with E-state index in [-0.39, 0.29) is 5.03 Å². The Bertz CT molecular complexity index is 903. The van der Waals surface area contributed by atoms with Gasteiger partial charge in [-0.25, -0.2) is 13.4 Å². The minimum Gasteiger partial charge on any atom is -0.244 e. The van der Waals surface area contributed by atoms with Gasteiger partial charge in [-0.15, -0.1) is 0 Å². The smallest absolute Gasteiger partial charge is 0.192 e. The summed E-state index contributed by atoms with van der Waals surface area (Å²) in [5.41, 5.74) is 5.19. The molecule has 23 heavy (non-hydrogen) atoms. The number of allylic oxidation sites excluding steroid dienone is 2. The molecule has 0 radical (unpaired) electrons. The Hall–Kier alpha value is -2.45. The highest BCUT2D eigenvalue weighted by molar-refractivity contribution is 7.90. The van der Waals surface area contributed by atoms with Crippen LogP contribution in [0.1, 0.15) is 36.0 Å². The molecule has 0 fully saturated rings. The SMILES string of the molecule is CS(=O)(=O)c1ccc(C2=C(c3ccc(C#N)cc3)CCC2)cn1. The maximum Gasteiger partial charge on any atom is 0.192 e. The fourth-order valence-electron chi connectivity index (χ4n) is 2.90. The lowest BCUT2D eigenvalue weighted by molar-refractivity contribution is 0.598. The third-order valence-electron chi connectivity index (χ3n) is 4.04. The number of pyridine rings is 1. The molecule has 1 aromatic heterocycles. The van der Waals surface area contributed by atoms with Crippen molar-refractivity contribution in [3.8, 4) is 6.07 Å². The van der Waals surface area contributed by atoms with E-state index in [0.29, 0.717) is 5.56 Å². The van der Waals surface area contributed by atoms with E-state index in [0.717, 1.165) is 36.6 Å². The van der Waals surface area contributed by atoms with Crippen LogP contribution in [0, 0.1) is 11.3 Å². The molecular weight excluding hydrogens is 308 g/mol. The molecule has 0 unspecified atom stereocenters. The second-order valence-electron chi connectivity index (χ2n) is 5.66. The van der Waals surface area contributed by atoms with Crippen LogP contribution in [-0.4, -0.2) is 19.7 Å². The van der Waals surface area contributed by atoms with Gasteiger partial charge in [0.05, 0.1) is 11.6 Å². The molecule has 2 aromatic rings. The molecule has 0 saturated carbocycles. The highest BCUT2D eigenvalue weighted by atomic mass is 32.2. The first-order valence-corrected chi connectivity index (χ1v) is 9.27. The van der Waals surface area contributed by atoms with E-state index in [9.17, 15) is 8.42 Å². The molecule has 1 heterocycles. The van der Waals surface area contributed by atoms with E-state index in [1.54, 1.807) is 12.3 Å². The molecule has 1 aliphatic carbocycles. The third-order valence-corrected chi connectivity index (χ3v) is 5.05. The summed E-state index contributed by atoms with van der Waals surface area (Å²) in [6, 6.07) is 13.1. The molecule has 0 spiro atoms. The summed E-state index contributed by atoms with van der Waals surface area (Å²) in [7, 11) is -3.27. The molecule has 0 bridgehead atoms. The van der Waals surface area contributed by atoms with Crippen molar-refractivity contribution in [3.05, 3.63) is 59.3 Å². The van der Waals surface area contributed by atoms with Gasteiger partial charge in [-0.3, -0.25) is 0 Å². The minimum atomic E-state index is -3.27. The first kappa shape index (κ1) is 15.4. The Labute approximate surface area is 136 Å². The van der Waals surface area contributed by atoms with Crippen molar-refractivity contribution in [3.63, 3.8) is 0 Å². The average Bonchev–Trinajstić information content (AvgIpc) is 3.04. The molecule has 4 nitrogen and oxygen atoms in total. The topological polar surface area (TPSA) is 70.8 Å². The van der Waals surface area contributed by atoms with Crippen molar-refractivity contribution in [2.24, 2.45) is 0 Å². The van der Waals surface area contributed by atoms with Crippen molar-refractivity contribution < 1.29 is 8.42 Å². The van der Waals surface area contributed by atoms with Crippen LogP contribution in [0.2, 0.25) is 0 Å². The number of sulfone groups is 1. The van der Waals surface area contributed by atoms with Gasteiger partial charge in [0.1, 0.15) is 0 Å². The lowest BCUT2D eigenvalue weighted by atomic mass is 9.97. The fourth-order valence-corrected chi connectivity index (χ4v) is 3.46. The first-order chi connectivity index (χ1) is 11.0. The van der Waals surface area contributed by atoms with Gasteiger partial charge in [-0.2, -0.15) is 5.26 Å². The number of hydrogen-bond acceptors (Lipinski definition) is 4. The van der Waals surface area contributed by atoms with Gasteiger partial charge < -0.3 is 0 Å². The van der Waals surface area contributed by atoms with Crippen LogP contribution in [0.5, 0.6) is 0 Å². The zero-order valence-electron chi connectivity index (χ0n) is 12.8. The fraction of sp³-hybridized carbons (Fsp3) is 0.222. The molecule has 0 N–H and O–H groups in total. The summed E-state index contributed by atoms with van der Waals surface area (Å²) in [5, 5.41) is 8.99. The van der Waals surface area contributed by atoms with E-state index in [1.165, 1.54) is 11.1 Å². The van der Waals surface area contributed by atoms with Gasteiger partial charge >= 0.3 is 0 Å². The largest absolute Gasteiger partial charge is 0.244 e. The van der Waals surface area contributed by atoms with Crippen LogP contribution >= 0.6 is 0 Å². The van der Waals surface area contributed by atoms with E-state index in [2.05, 4.69) is 11.1 Å². The zero-order chi connectivity index (χ0) is 16.4. The Morgan fingerprint density at radius 2 is 1.61 bits per heavy atom. The van der Waals surface area contributed by atoms with Gasteiger partial charge in [0, 0.05) is 12.5 Å². The molecule has 1 aliphatic rings. The van der Waals surface area contributed by atoms with Crippen LogP contribution < -0.4 is 0 Å². The standard InChI is InChI=1S/C18H16N2O2S/c1-23(21,22)18-10-9-15(12-20-18)17-4-2-3-16(17)14-7-5-13(11-19)6-8-14/h5-10,12H,2-4H2,1H3. The van der Waals surface area contributed by atoms with E-state index >= 15 is 0 Å². The molecule has 0 saturated heterocycles. The molecular formula is C18H16N2O2S. The van der Waals surface area contributed by atoms with Gasteiger partial charge in [-0.05, 0) is 59.7 Å². The van der Waals surface area contributed by atoms with Crippen LogP contribution in [0.25, 0.3) is 11.1 Å². The molecule has 0 atom stereocenters. The molecule has 0 amide bonds. The van der Waals surface area contributed by atoms with Crippen LogP contribution in [0.3, 0.4) is 0 Å². The van der Waals surface area contributed by atoms with Crippen molar-refractivity contribution in [1.82, 2.24) is 4.98 Å². The lowest BCUT2D eigenvalue weighted by Crippen LogP contribution is -2.00. The number of benzene rings is 1. The van der Waals surface area contributed by atoms with E-state index in [4.69, 9.17) is 5.26 Å². The Morgan fingerprint density at radius 3 is 2.13 bits per heavy atom. The van der Waals surface area contributed by atoms with Crippen molar-refractivity contribution in [2.45, 2.75) is 24.3 Å². The second kappa shape index (κ2) is 5.98. The molecule has 0 aliphatic heterocycles. The summed E-state index contributed by atoms with van der Waals surface area (Å²) in [5.74, 6) is 0. The number of nitriles is 1. The van der Waals surface area contributed by atoms with Gasteiger partial charge in [0.25, 0.3) is 0 Å². The summed E-state index contributed by atoms with van der Waals surface area (Å²) < 4.78 is 23.0. The molecule has 116 valence electrons. The maximum atomic E-state index is 11.5. The maximum absolute atomic E-state index is 11.5. The molecule has 5 heteroatoms. The third kappa shape index (κ3) is 3.17. The van der Waals surface area contributed by atoms with E-state index < -0.39 is 9.84 Å². The van der Waals surface area contributed by atoms with Crippen molar-refractivity contribution >= 4 is 21.0 Å². The summed E-state index contributed by atoms with van der Waals surface area (Å²) in [6.07, 6.45) is 5.80. The Morgan fingerprint density at radius 1 is 1.00 bits per heavy atom. The van der Waals surface area contributed by atoms with Crippen molar-refractivity contribution in [2.75, 3.05) is 6.26 Å². The number of hydrogen-bond donors (Lipinski definition) is 0. The number of aromatic nitrogens is 1. The predicted molar refractivity (Wildman–Crippen MR) is 89.2 cm³/mol. The second-order valence-corrected chi connectivity index (χ2v) is 7.62. The van der Waals surface area contributed by atoms with Crippen LogP contribution in [0.4, 0.5) is 0 Å². The summed E-state index contributed by atoms with van der Waals surface area (Å²) in [6.45, 7) is 0.